The molecule has 1 aliphatic heterocycles. The summed E-state index contributed by atoms with van der Waals surface area (Å²) in [6.45, 7) is 3.26. The van der Waals surface area contributed by atoms with Crippen LogP contribution in [0, 0.1) is 5.82 Å². The van der Waals surface area contributed by atoms with Gasteiger partial charge in [-0.2, -0.15) is 5.10 Å². The van der Waals surface area contributed by atoms with Crippen LogP contribution in [0.4, 0.5) is 14.5 Å². The Hall–Kier alpha value is -3.53. The summed E-state index contributed by atoms with van der Waals surface area (Å²) in [6.07, 6.45) is 4.82. The average molecular weight is 484 g/mol. The fraction of sp³-hybridized carbons (Fsp3) is 0.400. The second kappa shape index (κ2) is 8.92. The van der Waals surface area contributed by atoms with Gasteiger partial charge in [-0.1, -0.05) is 6.07 Å². The average Bonchev–Trinajstić information content (AvgIpc) is 3.42. The van der Waals surface area contributed by atoms with Gasteiger partial charge in [0.25, 0.3) is 11.8 Å². The van der Waals surface area contributed by atoms with E-state index in [-0.39, 0.29) is 17.0 Å². The monoisotopic (exact) mass is 483 g/mol. The highest BCUT2D eigenvalue weighted by Crippen LogP contribution is 2.37. The van der Waals surface area contributed by atoms with Gasteiger partial charge in [0.2, 0.25) is 0 Å². The van der Waals surface area contributed by atoms with Gasteiger partial charge in [0.15, 0.2) is 0 Å². The number of hydrogen-bond acceptors (Lipinski definition) is 5. The summed E-state index contributed by atoms with van der Waals surface area (Å²) in [6, 6.07) is 5.71. The molecule has 2 atom stereocenters. The molecule has 3 heterocycles. The molecule has 184 valence electrons. The van der Waals surface area contributed by atoms with Gasteiger partial charge < -0.3 is 20.7 Å². The van der Waals surface area contributed by atoms with Crippen LogP contribution >= 0.6 is 0 Å². The van der Waals surface area contributed by atoms with Gasteiger partial charge in [0.1, 0.15) is 11.5 Å². The minimum atomic E-state index is -1.42. The van der Waals surface area contributed by atoms with Crippen molar-refractivity contribution in [1.82, 2.24) is 14.5 Å². The molecular formula is C25H27F2N5O3. The van der Waals surface area contributed by atoms with E-state index >= 15 is 0 Å². The van der Waals surface area contributed by atoms with Crippen molar-refractivity contribution in [2.24, 2.45) is 5.73 Å². The maximum atomic E-state index is 15.0. The lowest BCUT2D eigenvalue weighted by atomic mass is 10.0. The summed E-state index contributed by atoms with van der Waals surface area (Å²) in [5.41, 5.74) is 6.39. The van der Waals surface area contributed by atoms with Crippen LogP contribution in [0.25, 0.3) is 16.6 Å². The number of carbonyl (C=O) groups is 2. The standard InChI is InChI=1S/C25H27F2N5O3/c1-25(27)6-2-3-21(25)30-22-18(23(28)33)13-29-32-14-16(12-20(22)32)15-4-5-17(19(26)11-15)24(34)31-7-9-35-10-8-31/h4-5,11-14,21,30H,2-3,6-10H2,1H3,(H2,28,33). The van der Waals surface area contributed by atoms with Crippen LogP contribution < -0.4 is 11.1 Å². The summed E-state index contributed by atoms with van der Waals surface area (Å²) in [5.74, 6) is -1.68. The summed E-state index contributed by atoms with van der Waals surface area (Å²) < 4.78 is 36.7. The van der Waals surface area contributed by atoms with Crippen LogP contribution in [0.5, 0.6) is 0 Å². The molecule has 2 aliphatic rings. The highest BCUT2D eigenvalue weighted by molar-refractivity contribution is 6.02. The second-order valence-electron chi connectivity index (χ2n) is 9.32. The summed E-state index contributed by atoms with van der Waals surface area (Å²) in [4.78, 5) is 26.4. The van der Waals surface area contributed by atoms with Crippen molar-refractivity contribution in [2.45, 2.75) is 37.9 Å². The highest BCUT2D eigenvalue weighted by atomic mass is 19.1. The molecule has 2 amide bonds. The Bertz CT molecular complexity index is 1300. The SMILES string of the molecule is CC1(F)CCCC1Nc1c(C(N)=O)cnn2cc(-c3ccc(C(=O)N4CCOCC4)c(F)c3)cc12. The molecule has 2 fully saturated rings. The van der Waals surface area contributed by atoms with Gasteiger partial charge >= 0.3 is 0 Å². The number of primary amides is 1. The largest absolute Gasteiger partial charge is 0.378 e. The molecule has 5 rings (SSSR count). The number of fused-ring (bicyclic) bond motifs is 1. The first-order valence-electron chi connectivity index (χ1n) is 11.7. The van der Waals surface area contributed by atoms with E-state index in [0.717, 1.165) is 6.42 Å². The van der Waals surface area contributed by atoms with Crippen molar-refractivity contribution in [3.8, 4) is 11.1 Å². The Kier molecular flexibility index (Phi) is 5.92. The van der Waals surface area contributed by atoms with Crippen molar-refractivity contribution >= 4 is 23.0 Å². The molecule has 0 bridgehead atoms. The molecule has 1 aliphatic carbocycles. The van der Waals surface area contributed by atoms with Crippen molar-refractivity contribution in [1.29, 1.82) is 0 Å². The third-order valence-electron chi connectivity index (χ3n) is 6.94. The first kappa shape index (κ1) is 23.2. The first-order valence-corrected chi connectivity index (χ1v) is 11.7. The van der Waals surface area contributed by atoms with Crippen LogP contribution in [0.2, 0.25) is 0 Å². The van der Waals surface area contributed by atoms with Gasteiger partial charge in [-0.25, -0.2) is 13.3 Å². The Labute approximate surface area is 201 Å². The van der Waals surface area contributed by atoms with E-state index in [1.807, 2.05) is 0 Å². The zero-order chi connectivity index (χ0) is 24.7. The number of rotatable bonds is 5. The molecule has 2 unspecified atom stereocenters. The maximum Gasteiger partial charge on any atom is 0.256 e. The zero-order valence-corrected chi connectivity index (χ0v) is 19.4. The van der Waals surface area contributed by atoms with Gasteiger partial charge in [0, 0.05) is 24.8 Å². The number of ether oxygens (including phenoxy) is 1. The number of carbonyl (C=O) groups excluding carboxylic acids is 2. The molecule has 8 nitrogen and oxygen atoms in total. The number of anilines is 1. The lowest BCUT2D eigenvalue weighted by molar-refractivity contribution is 0.0300. The second-order valence-corrected chi connectivity index (χ2v) is 9.32. The van der Waals surface area contributed by atoms with E-state index in [9.17, 15) is 18.4 Å². The first-order chi connectivity index (χ1) is 16.7. The van der Waals surface area contributed by atoms with Crippen LogP contribution in [0.15, 0.2) is 36.7 Å². The molecule has 1 aromatic carbocycles. The molecule has 0 spiro atoms. The van der Waals surface area contributed by atoms with Crippen LogP contribution in [-0.2, 0) is 4.74 Å². The quantitative estimate of drug-likeness (QED) is 0.579. The molecule has 35 heavy (non-hydrogen) atoms. The fourth-order valence-electron chi connectivity index (χ4n) is 4.88. The number of hydrogen-bond donors (Lipinski definition) is 2. The number of aromatic nitrogens is 2. The molecular weight excluding hydrogens is 456 g/mol. The lowest BCUT2D eigenvalue weighted by Crippen LogP contribution is -2.41. The summed E-state index contributed by atoms with van der Waals surface area (Å²) >= 11 is 0. The fourth-order valence-corrected chi connectivity index (χ4v) is 4.88. The third kappa shape index (κ3) is 4.34. The van der Waals surface area contributed by atoms with E-state index in [4.69, 9.17) is 10.5 Å². The van der Waals surface area contributed by atoms with E-state index < -0.39 is 23.4 Å². The van der Waals surface area contributed by atoms with Crippen LogP contribution in [-0.4, -0.2) is 64.3 Å². The summed E-state index contributed by atoms with van der Waals surface area (Å²) in [5, 5.41) is 7.45. The zero-order valence-electron chi connectivity index (χ0n) is 19.4. The number of nitrogens with two attached hydrogens (primary N) is 1. The molecule has 10 heteroatoms. The minimum absolute atomic E-state index is 0.000579. The van der Waals surface area contributed by atoms with Gasteiger partial charge in [0.05, 0.1) is 47.8 Å². The van der Waals surface area contributed by atoms with Crippen LogP contribution in [0.3, 0.4) is 0 Å². The normalized spacial score (nSPS) is 22.5. The Morgan fingerprint density at radius 3 is 2.63 bits per heavy atom. The predicted octanol–water partition coefficient (Wildman–Crippen LogP) is 3.40. The van der Waals surface area contributed by atoms with Crippen molar-refractivity contribution < 1.29 is 23.1 Å². The number of morpholine rings is 1. The summed E-state index contributed by atoms with van der Waals surface area (Å²) in [7, 11) is 0. The molecule has 3 N–H and O–H groups in total. The van der Waals surface area contributed by atoms with E-state index in [1.54, 1.807) is 34.7 Å². The van der Waals surface area contributed by atoms with Crippen LogP contribution in [0.1, 0.15) is 46.9 Å². The minimum Gasteiger partial charge on any atom is -0.378 e. The molecule has 3 aromatic rings. The lowest BCUT2D eigenvalue weighted by Gasteiger charge is -2.27. The van der Waals surface area contributed by atoms with E-state index in [0.29, 0.717) is 61.5 Å². The third-order valence-corrected chi connectivity index (χ3v) is 6.94. The number of alkyl halides is 1. The number of nitrogens with one attached hydrogen (secondary N) is 1. The molecule has 2 aromatic heterocycles. The van der Waals surface area contributed by atoms with E-state index in [2.05, 4.69) is 10.4 Å². The highest BCUT2D eigenvalue weighted by Gasteiger charge is 2.39. The van der Waals surface area contributed by atoms with Crippen molar-refractivity contribution in [2.75, 3.05) is 31.6 Å². The molecule has 1 saturated carbocycles. The molecule has 1 saturated heterocycles. The maximum absolute atomic E-state index is 15.0. The Morgan fingerprint density at radius 1 is 1.20 bits per heavy atom. The smallest absolute Gasteiger partial charge is 0.256 e. The van der Waals surface area contributed by atoms with Crippen molar-refractivity contribution in [3.63, 3.8) is 0 Å². The number of amides is 2. The number of halogens is 2. The number of nitrogens with zero attached hydrogens (tertiary/aromatic N) is 3. The van der Waals surface area contributed by atoms with E-state index in [1.165, 1.54) is 18.3 Å². The topological polar surface area (TPSA) is 102 Å². The Balaban J connectivity index is 1.50. The van der Waals surface area contributed by atoms with Gasteiger partial charge in [-0.3, -0.25) is 9.59 Å². The molecule has 0 radical (unpaired) electrons. The predicted molar refractivity (Wildman–Crippen MR) is 127 cm³/mol. The van der Waals surface area contributed by atoms with Crippen molar-refractivity contribution in [3.05, 3.63) is 53.6 Å². The number of benzene rings is 1. The van der Waals surface area contributed by atoms with Gasteiger partial charge in [-0.15, -0.1) is 0 Å². The van der Waals surface area contributed by atoms with Gasteiger partial charge in [-0.05, 0) is 49.9 Å². The Morgan fingerprint density at radius 2 is 1.97 bits per heavy atom.